The predicted octanol–water partition coefficient (Wildman–Crippen LogP) is 2.44. The van der Waals surface area contributed by atoms with Crippen LogP contribution in [0.2, 0.25) is 5.15 Å². The molecule has 0 fully saturated rings. The average molecular weight is 251 g/mol. The number of nitrogens with one attached hydrogen (secondary N) is 1. The third kappa shape index (κ3) is 4.08. The Hall–Kier alpha value is -1.53. The van der Waals surface area contributed by atoms with Gasteiger partial charge in [0.25, 0.3) is 5.91 Å². The summed E-state index contributed by atoms with van der Waals surface area (Å²) in [6.45, 7) is 3.82. The fourth-order valence-electron chi connectivity index (χ4n) is 1.40. The number of pyridine rings is 1. The van der Waals surface area contributed by atoms with Gasteiger partial charge in [-0.2, -0.15) is 0 Å². The van der Waals surface area contributed by atoms with Crippen molar-refractivity contribution in [1.82, 2.24) is 10.3 Å². The second-order valence-corrected chi connectivity index (χ2v) is 4.19. The maximum absolute atomic E-state index is 11.9. The topological polar surface area (TPSA) is 42.0 Å². The molecule has 17 heavy (non-hydrogen) atoms. The van der Waals surface area contributed by atoms with Gasteiger partial charge in [-0.25, -0.2) is 4.98 Å². The van der Waals surface area contributed by atoms with Gasteiger partial charge in [-0.3, -0.25) is 4.79 Å². The van der Waals surface area contributed by atoms with E-state index in [0.717, 1.165) is 12.1 Å². The van der Waals surface area contributed by atoms with Gasteiger partial charge in [0.05, 0.1) is 0 Å². The Bertz CT molecular complexity index is 451. The minimum atomic E-state index is -0.174. The molecule has 0 saturated carbocycles. The molecule has 1 aromatic heterocycles. The molecule has 90 valence electrons. The van der Waals surface area contributed by atoms with Crippen molar-refractivity contribution >= 4 is 17.5 Å². The fraction of sp³-hybridized carbons (Fsp3) is 0.385. The Morgan fingerprint density at radius 3 is 2.94 bits per heavy atom. The Balaban J connectivity index is 2.82. The van der Waals surface area contributed by atoms with Crippen LogP contribution in [0.4, 0.5) is 0 Å². The van der Waals surface area contributed by atoms with E-state index < -0.39 is 0 Å². The number of aryl methyl sites for hydroxylation is 1. The number of hydrogen-bond acceptors (Lipinski definition) is 2. The van der Waals surface area contributed by atoms with E-state index in [2.05, 4.69) is 16.2 Å². The normalized spacial score (nSPS) is 11.6. The summed E-state index contributed by atoms with van der Waals surface area (Å²) in [5, 5.41) is 3.14. The van der Waals surface area contributed by atoms with E-state index in [1.54, 1.807) is 12.1 Å². The van der Waals surface area contributed by atoms with Crippen LogP contribution in [0.1, 0.15) is 36.3 Å². The van der Waals surface area contributed by atoms with Crippen LogP contribution in [-0.4, -0.2) is 16.9 Å². The van der Waals surface area contributed by atoms with Crippen molar-refractivity contribution in [1.29, 1.82) is 0 Å². The number of aromatic nitrogens is 1. The Kier molecular flexibility index (Phi) is 4.99. The number of amides is 1. The first-order valence-corrected chi connectivity index (χ1v) is 5.85. The van der Waals surface area contributed by atoms with Crippen LogP contribution in [0.5, 0.6) is 0 Å². The van der Waals surface area contributed by atoms with E-state index in [0.29, 0.717) is 17.1 Å². The van der Waals surface area contributed by atoms with Gasteiger partial charge in [0.2, 0.25) is 0 Å². The lowest BCUT2D eigenvalue weighted by Crippen LogP contribution is -2.32. The minimum Gasteiger partial charge on any atom is -0.349 e. The molecule has 1 heterocycles. The molecular formula is C13H15ClN2O. The molecule has 0 aliphatic heterocycles. The average Bonchev–Trinajstić information content (AvgIpc) is 2.28. The van der Waals surface area contributed by atoms with Crippen LogP contribution >= 0.6 is 11.6 Å². The van der Waals surface area contributed by atoms with E-state index in [-0.39, 0.29) is 11.9 Å². The van der Waals surface area contributed by atoms with Crippen molar-refractivity contribution in [2.24, 2.45) is 0 Å². The zero-order valence-electron chi connectivity index (χ0n) is 9.96. The summed E-state index contributed by atoms with van der Waals surface area (Å²) in [6.07, 6.45) is 6.42. The molecule has 1 N–H and O–H groups in total. The molecule has 0 aliphatic rings. The summed E-state index contributed by atoms with van der Waals surface area (Å²) >= 11 is 5.85. The monoisotopic (exact) mass is 250 g/mol. The number of hydrogen-bond donors (Lipinski definition) is 1. The van der Waals surface area contributed by atoms with Crippen molar-refractivity contribution in [3.63, 3.8) is 0 Å². The molecule has 0 radical (unpaired) electrons. The van der Waals surface area contributed by atoms with Crippen LogP contribution in [0.3, 0.4) is 0 Å². The lowest BCUT2D eigenvalue weighted by atomic mass is 10.1. The van der Waals surface area contributed by atoms with Gasteiger partial charge >= 0.3 is 0 Å². The number of carbonyl (C=O) groups excluding carboxylic acids is 1. The summed E-state index contributed by atoms with van der Waals surface area (Å²) in [5.74, 6) is 2.33. The van der Waals surface area contributed by atoms with Crippen molar-refractivity contribution in [3.05, 3.63) is 28.5 Å². The summed E-state index contributed by atoms with van der Waals surface area (Å²) in [4.78, 5) is 16.0. The molecule has 1 amide bonds. The molecule has 1 unspecified atom stereocenters. The van der Waals surface area contributed by atoms with Crippen LogP contribution in [-0.2, 0) is 6.42 Å². The first kappa shape index (κ1) is 13.5. The summed E-state index contributed by atoms with van der Waals surface area (Å²) in [5.41, 5.74) is 1.32. The Morgan fingerprint density at radius 1 is 1.65 bits per heavy atom. The summed E-state index contributed by atoms with van der Waals surface area (Å²) < 4.78 is 0. The number of carbonyl (C=O) groups is 1. The molecule has 3 nitrogen and oxygen atoms in total. The molecule has 1 rings (SSSR count). The zero-order chi connectivity index (χ0) is 12.8. The van der Waals surface area contributed by atoms with Crippen molar-refractivity contribution in [3.8, 4) is 12.3 Å². The van der Waals surface area contributed by atoms with Crippen LogP contribution in [0.15, 0.2) is 12.1 Å². The largest absolute Gasteiger partial charge is 0.349 e. The van der Waals surface area contributed by atoms with Crippen LogP contribution in [0.25, 0.3) is 0 Å². The van der Waals surface area contributed by atoms with E-state index in [1.807, 2.05) is 13.8 Å². The number of terminal acetylenes is 1. The molecule has 1 atom stereocenters. The van der Waals surface area contributed by atoms with Crippen molar-refractivity contribution in [2.45, 2.75) is 32.7 Å². The third-order valence-corrected chi connectivity index (χ3v) is 2.47. The standard InChI is InChI=1S/C13H15ClN2O/c1-4-6-9(3)15-13(17)10-7-11(5-2)16-12(14)8-10/h1,7-9H,5-6H2,2-3H3,(H,15,17). The predicted molar refractivity (Wildman–Crippen MR) is 69.0 cm³/mol. The van der Waals surface area contributed by atoms with Gasteiger partial charge in [-0.05, 0) is 25.5 Å². The third-order valence-electron chi connectivity index (χ3n) is 2.27. The van der Waals surface area contributed by atoms with Gasteiger partial charge in [0.15, 0.2) is 0 Å². The first-order valence-electron chi connectivity index (χ1n) is 5.47. The SMILES string of the molecule is C#CCC(C)NC(=O)c1cc(Cl)nc(CC)c1. The van der Waals surface area contributed by atoms with E-state index in [1.165, 1.54) is 0 Å². The summed E-state index contributed by atoms with van der Waals surface area (Å²) in [7, 11) is 0. The number of nitrogens with zero attached hydrogens (tertiary/aromatic N) is 1. The Morgan fingerprint density at radius 2 is 2.35 bits per heavy atom. The quantitative estimate of drug-likeness (QED) is 0.659. The minimum absolute atomic E-state index is 0.0514. The van der Waals surface area contributed by atoms with Crippen LogP contribution < -0.4 is 5.32 Å². The second-order valence-electron chi connectivity index (χ2n) is 3.81. The second kappa shape index (κ2) is 6.27. The van der Waals surface area contributed by atoms with Crippen LogP contribution in [0, 0.1) is 12.3 Å². The van der Waals surface area contributed by atoms with Gasteiger partial charge in [0, 0.05) is 23.7 Å². The number of halogens is 1. The van der Waals surface area contributed by atoms with Gasteiger partial charge in [0.1, 0.15) is 5.15 Å². The van der Waals surface area contributed by atoms with E-state index in [9.17, 15) is 4.79 Å². The highest BCUT2D eigenvalue weighted by Gasteiger charge is 2.11. The highest BCUT2D eigenvalue weighted by molar-refractivity contribution is 6.29. The fourth-order valence-corrected chi connectivity index (χ4v) is 1.62. The van der Waals surface area contributed by atoms with Gasteiger partial charge in [-0.15, -0.1) is 12.3 Å². The highest BCUT2D eigenvalue weighted by atomic mass is 35.5. The molecular weight excluding hydrogens is 236 g/mol. The molecule has 0 aliphatic carbocycles. The zero-order valence-corrected chi connectivity index (χ0v) is 10.7. The number of rotatable bonds is 4. The van der Waals surface area contributed by atoms with E-state index in [4.69, 9.17) is 18.0 Å². The molecule has 0 saturated heterocycles. The highest BCUT2D eigenvalue weighted by Crippen LogP contribution is 2.11. The lowest BCUT2D eigenvalue weighted by Gasteiger charge is -2.11. The maximum atomic E-state index is 11.9. The molecule has 1 aromatic rings. The molecule has 4 heteroatoms. The van der Waals surface area contributed by atoms with Gasteiger partial charge < -0.3 is 5.32 Å². The summed E-state index contributed by atoms with van der Waals surface area (Å²) in [6, 6.07) is 3.24. The Labute approximate surface area is 107 Å². The molecule has 0 aromatic carbocycles. The molecule has 0 spiro atoms. The van der Waals surface area contributed by atoms with Crippen molar-refractivity contribution < 1.29 is 4.79 Å². The van der Waals surface area contributed by atoms with Gasteiger partial charge in [-0.1, -0.05) is 18.5 Å². The maximum Gasteiger partial charge on any atom is 0.251 e. The molecule has 0 bridgehead atoms. The lowest BCUT2D eigenvalue weighted by molar-refractivity contribution is 0.0940. The smallest absolute Gasteiger partial charge is 0.251 e. The first-order chi connectivity index (χ1) is 8.06. The van der Waals surface area contributed by atoms with E-state index >= 15 is 0 Å². The van der Waals surface area contributed by atoms with Crippen molar-refractivity contribution in [2.75, 3.05) is 0 Å².